The lowest BCUT2D eigenvalue weighted by atomic mass is 9.87. The average Bonchev–Trinajstić information content (AvgIpc) is 2.96. The zero-order chi connectivity index (χ0) is 11.2. The highest BCUT2D eigenvalue weighted by Gasteiger charge is 2.25. The van der Waals surface area contributed by atoms with Gasteiger partial charge in [-0.05, 0) is 31.3 Å². The van der Waals surface area contributed by atoms with Gasteiger partial charge >= 0.3 is 0 Å². The van der Waals surface area contributed by atoms with E-state index in [1.807, 2.05) is 5.51 Å². The van der Waals surface area contributed by atoms with Crippen LogP contribution in [0.1, 0.15) is 38.3 Å². The molecule has 2 rings (SSSR count). The molecule has 1 N–H and O–H groups in total. The predicted octanol–water partition coefficient (Wildman–Crippen LogP) is 3.10. The monoisotopic (exact) mass is 238 g/mol. The van der Waals surface area contributed by atoms with Gasteiger partial charge in [-0.3, -0.25) is 0 Å². The van der Waals surface area contributed by atoms with Crippen molar-refractivity contribution < 1.29 is 0 Å². The van der Waals surface area contributed by atoms with Crippen LogP contribution in [0.2, 0.25) is 0 Å². The number of hydrogen-bond donors (Lipinski definition) is 1. The van der Waals surface area contributed by atoms with Crippen molar-refractivity contribution in [2.75, 3.05) is 13.1 Å². The third-order valence-corrected chi connectivity index (χ3v) is 4.31. The molecule has 2 nitrogen and oxygen atoms in total. The summed E-state index contributed by atoms with van der Waals surface area (Å²) in [5.41, 5.74) is 3.24. The SMILES string of the molecule is CCNCC(Cc1cscn1)C1CCCC1. The number of aromatic nitrogens is 1. The van der Waals surface area contributed by atoms with Gasteiger partial charge in [0.1, 0.15) is 0 Å². The Bertz CT molecular complexity index is 278. The zero-order valence-corrected chi connectivity index (χ0v) is 10.9. The van der Waals surface area contributed by atoms with Crippen molar-refractivity contribution in [3.05, 3.63) is 16.6 Å². The Morgan fingerprint density at radius 1 is 1.50 bits per heavy atom. The van der Waals surface area contributed by atoms with Crippen molar-refractivity contribution in [3.63, 3.8) is 0 Å². The Hall–Kier alpha value is -0.410. The van der Waals surface area contributed by atoms with Gasteiger partial charge in [-0.15, -0.1) is 11.3 Å². The van der Waals surface area contributed by atoms with Crippen LogP contribution in [0.5, 0.6) is 0 Å². The number of nitrogens with zero attached hydrogens (tertiary/aromatic N) is 1. The molecule has 1 unspecified atom stereocenters. The second-order valence-corrected chi connectivity index (χ2v) is 5.51. The van der Waals surface area contributed by atoms with Crippen molar-refractivity contribution in [1.82, 2.24) is 10.3 Å². The minimum atomic E-state index is 0.796. The molecule has 0 aromatic carbocycles. The fraction of sp³-hybridized carbons (Fsp3) is 0.769. The third kappa shape index (κ3) is 3.29. The van der Waals surface area contributed by atoms with Gasteiger partial charge in [0.05, 0.1) is 11.2 Å². The maximum atomic E-state index is 4.43. The van der Waals surface area contributed by atoms with Gasteiger partial charge in [0.25, 0.3) is 0 Å². The summed E-state index contributed by atoms with van der Waals surface area (Å²) in [4.78, 5) is 4.43. The highest BCUT2D eigenvalue weighted by Crippen LogP contribution is 2.32. The Labute approximate surface area is 102 Å². The molecule has 90 valence electrons. The Morgan fingerprint density at radius 3 is 2.94 bits per heavy atom. The van der Waals surface area contributed by atoms with Gasteiger partial charge in [-0.25, -0.2) is 4.98 Å². The molecule has 1 aliphatic rings. The maximum Gasteiger partial charge on any atom is 0.0794 e. The quantitative estimate of drug-likeness (QED) is 0.823. The van der Waals surface area contributed by atoms with Crippen LogP contribution in [0, 0.1) is 11.8 Å². The molecule has 1 saturated carbocycles. The molecule has 0 radical (unpaired) electrons. The second kappa shape index (κ2) is 6.36. The first-order valence-electron chi connectivity index (χ1n) is 6.48. The van der Waals surface area contributed by atoms with E-state index >= 15 is 0 Å². The van der Waals surface area contributed by atoms with Crippen LogP contribution in [0.4, 0.5) is 0 Å². The normalized spacial score (nSPS) is 19.1. The number of rotatable bonds is 6. The Kier molecular flexibility index (Phi) is 4.79. The van der Waals surface area contributed by atoms with Crippen molar-refractivity contribution in [3.8, 4) is 0 Å². The first-order chi connectivity index (χ1) is 7.90. The summed E-state index contributed by atoms with van der Waals surface area (Å²) < 4.78 is 0. The molecular weight excluding hydrogens is 216 g/mol. The van der Waals surface area contributed by atoms with Crippen molar-refractivity contribution in [2.45, 2.75) is 39.0 Å². The van der Waals surface area contributed by atoms with E-state index in [0.29, 0.717) is 0 Å². The van der Waals surface area contributed by atoms with Crippen molar-refractivity contribution in [1.29, 1.82) is 0 Å². The molecule has 1 atom stereocenters. The average molecular weight is 238 g/mol. The van der Waals surface area contributed by atoms with Gasteiger partial charge in [-0.2, -0.15) is 0 Å². The van der Waals surface area contributed by atoms with Gasteiger partial charge in [0, 0.05) is 5.38 Å². The molecule has 1 aromatic rings. The number of hydrogen-bond acceptors (Lipinski definition) is 3. The lowest BCUT2D eigenvalue weighted by Gasteiger charge is -2.22. The molecule has 1 aromatic heterocycles. The summed E-state index contributed by atoms with van der Waals surface area (Å²) in [6, 6.07) is 0. The van der Waals surface area contributed by atoms with Gasteiger partial charge in [0.15, 0.2) is 0 Å². The lowest BCUT2D eigenvalue weighted by Crippen LogP contribution is -2.28. The smallest absolute Gasteiger partial charge is 0.0794 e. The molecule has 3 heteroatoms. The van der Waals surface area contributed by atoms with Crippen molar-refractivity contribution in [2.24, 2.45) is 11.8 Å². The maximum absolute atomic E-state index is 4.43. The summed E-state index contributed by atoms with van der Waals surface area (Å²) in [7, 11) is 0. The summed E-state index contributed by atoms with van der Waals surface area (Å²) in [5.74, 6) is 1.73. The van der Waals surface area contributed by atoms with Crippen LogP contribution in [-0.2, 0) is 6.42 Å². The second-order valence-electron chi connectivity index (χ2n) is 4.80. The molecule has 0 aliphatic heterocycles. The molecule has 0 spiro atoms. The van der Waals surface area contributed by atoms with Crippen LogP contribution in [-0.4, -0.2) is 18.1 Å². The van der Waals surface area contributed by atoms with E-state index in [9.17, 15) is 0 Å². The van der Waals surface area contributed by atoms with Gasteiger partial charge < -0.3 is 5.32 Å². The molecule has 0 amide bonds. The summed E-state index contributed by atoms with van der Waals surface area (Å²) in [6.45, 7) is 4.44. The summed E-state index contributed by atoms with van der Waals surface area (Å²) >= 11 is 1.72. The molecule has 16 heavy (non-hydrogen) atoms. The first kappa shape index (κ1) is 12.1. The van der Waals surface area contributed by atoms with Gasteiger partial charge in [0.2, 0.25) is 0 Å². The largest absolute Gasteiger partial charge is 0.317 e. The summed E-state index contributed by atoms with van der Waals surface area (Å²) in [6.07, 6.45) is 6.90. The lowest BCUT2D eigenvalue weighted by molar-refractivity contribution is 0.321. The third-order valence-electron chi connectivity index (χ3n) is 3.68. The molecule has 1 aliphatic carbocycles. The highest BCUT2D eigenvalue weighted by atomic mass is 32.1. The summed E-state index contributed by atoms with van der Waals surface area (Å²) in [5, 5.41) is 5.72. The van der Waals surface area contributed by atoms with E-state index < -0.39 is 0 Å². The number of nitrogens with one attached hydrogen (secondary N) is 1. The minimum absolute atomic E-state index is 0.796. The van der Waals surface area contributed by atoms with Crippen molar-refractivity contribution >= 4 is 11.3 Å². The fourth-order valence-electron chi connectivity index (χ4n) is 2.77. The first-order valence-corrected chi connectivity index (χ1v) is 7.42. The van der Waals surface area contributed by atoms with Crippen LogP contribution in [0.25, 0.3) is 0 Å². The van der Waals surface area contributed by atoms with E-state index in [0.717, 1.165) is 18.4 Å². The molecule has 0 bridgehead atoms. The van der Waals surface area contributed by atoms with E-state index in [1.165, 1.54) is 44.3 Å². The minimum Gasteiger partial charge on any atom is -0.317 e. The topological polar surface area (TPSA) is 24.9 Å². The van der Waals surface area contributed by atoms with Gasteiger partial charge in [-0.1, -0.05) is 32.6 Å². The van der Waals surface area contributed by atoms with Crippen LogP contribution >= 0.6 is 11.3 Å². The van der Waals surface area contributed by atoms with E-state index in [1.54, 1.807) is 11.3 Å². The van der Waals surface area contributed by atoms with E-state index in [-0.39, 0.29) is 0 Å². The zero-order valence-electron chi connectivity index (χ0n) is 10.1. The highest BCUT2D eigenvalue weighted by molar-refractivity contribution is 7.07. The van der Waals surface area contributed by atoms with Crippen LogP contribution in [0.15, 0.2) is 10.9 Å². The standard InChI is InChI=1S/C13H22N2S/c1-2-14-8-12(11-5-3-4-6-11)7-13-9-16-10-15-13/h9-12,14H,2-8H2,1H3. The predicted molar refractivity (Wildman–Crippen MR) is 69.8 cm³/mol. The van der Waals surface area contributed by atoms with E-state index in [2.05, 4.69) is 22.6 Å². The fourth-order valence-corrected chi connectivity index (χ4v) is 3.34. The molecule has 1 heterocycles. The number of thiazole rings is 1. The van der Waals surface area contributed by atoms with Crippen LogP contribution in [0.3, 0.4) is 0 Å². The molecule has 1 fully saturated rings. The molecular formula is C13H22N2S. The van der Waals surface area contributed by atoms with E-state index in [4.69, 9.17) is 0 Å². The molecule has 0 saturated heterocycles. The Morgan fingerprint density at radius 2 is 2.31 bits per heavy atom. The Balaban J connectivity index is 1.90. The van der Waals surface area contributed by atoms with Crippen LogP contribution < -0.4 is 5.32 Å².